The third-order valence-corrected chi connectivity index (χ3v) is 4.58. The Morgan fingerprint density at radius 3 is 2.30 bits per heavy atom. The number of hydrogen-bond donors (Lipinski definition) is 2. The molecule has 0 aromatic heterocycles. The van der Waals surface area contributed by atoms with Gasteiger partial charge in [0.2, 0.25) is 0 Å². The van der Waals surface area contributed by atoms with E-state index in [-0.39, 0.29) is 13.1 Å². The Kier molecular flexibility index (Phi) is 10.5. The lowest BCUT2D eigenvalue weighted by Crippen LogP contribution is -2.33. The Hall–Kier alpha value is -3.75. The van der Waals surface area contributed by atoms with Crippen LogP contribution in [-0.4, -0.2) is 51.8 Å². The van der Waals surface area contributed by atoms with Crippen molar-refractivity contribution in [1.29, 1.82) is 0 Å². The first kappa shape index (κ1) is 25.5. The minimum absolute atomic E-state index is 0.228. The molecule has 2 N–H and O–H groups in total. The van der Waals surface area contributed by atoms with Crippen LogP contribution in [0.3, 0.4) is 0 Å². The molecule has 9 nitrogen and oxygen atoms in total. The van der Waals surface area contributed by atoms with Gasteiger partial charge in [-0.1, -0.05) is 19.4 Å². The van der Waals surface area contributed by atoms with Gasteiger partial charge >= 0.3 is 5.97 Å². The zero-order valence-corrected chi connectivity index (χ0v) is 19.1. The van der Waals surface area contributed by atoms with Gasteiger partial charge in [-0.3, -0.25) is 14.4 Å². The fraction of sp³-hybridized carbons (Fsp3) is 0.375. The van der Waals surface area contributed by atoms with Crippen LogP contribution in [0.4, 0.5) is 0 Å². The molecule has 0 saturated carbocycles. The second-order valence-corrected chi connectivity index (χ2v) is 7.04. The van der Waals surface area contributed by atoms with Gasteiger partial charge in [0.15, 0.2) is 18.1 Å². The number of carbonyl (C=O) groups excluding carboxylic acids is 3. The number of esters is 1. The molecule has 0 aliphatic heterocycles. The number of methoxy groups -OCH3 is 2. The quantitative estimate of drug-likeness (QED) is 0.350. The second-order valence-electron chi connectivity index (χ2n) is 7.04. The first-order valence-corrected chi connectivity index (χ1v) is 10.6. The maximum absolute atomic E-state index is 12.2. The standard InChI is InChI=1S/C24H30N2O7/c1-4-5-12-32-19-9-7-18(8-10-19)24(29)26-15-23(28)33-16-22(27)25-14-17-6-11-20(30-2)21(13-17)31-3/h6-11,13H,4-5,12,14-16H2,1-3H3,(H,25,27)(H,26,29). The molecule has 2 amide bonds. The molecule has 0 fully saturated rings. The van der Waals surface area contributed by atoms with E-state index in [1.165, 1.54) is 14.2 Å². The van der Waals surface area contributed by atoms with Crippen LogP contribution in [0.2, 0.25) is 0 Å². The van der Waals surface area contributed by atoms with Gasteiger partial charge in [0, 0.05) is 12.1 Å². The van der Waals surface area contributed by atoms with E-state index in [1.54, 1.807) is 42.5 Å². The summed E-state index contributed by atoms with van der Waals surface area (Å²) in [5.74, 6) is 0.195. The molecule has 0 spiro atoms. The molecule has 33 heavy (non-hydrogen) atoms. The number of amides is 2. The van der Waals surface area contributed by atoms with Crippen LogP contribution in [0.5, 0.6) is 17.2 Å². The van der Waals surface area contributed by atoms with Crippen molar-refractivity contribution in [2.24, 2.45) is 0 Å². The normalized spacial score (nSPS) is 10.2. The fourth-order valence-electron chi connectivity index (χ4n) is 2.73. The molecule has 0 bridgehead atoms. The number of ether oxygens (including phenoxy) is 4. The average molecular weight is 459 g/mol. The van der Waals surface area contributed by atoms with Crippen molar-refractivity contribution in [3.05, 3.63) is 53.6 Å². The summed E-state index contributed by atoms with van der Waals surface area (Å²) in [5, 5.41) is 5.11. The van der Waals surface area contributed by atoms with Crippen molar-refractivity contribution >= 4 is 17.8 Å². The summed E-state index contributed by atoms with van der Waals surface area (Å²) in [5.41, 5.74) is 1.18. The third kappa shape index (κ3) is 8.72. The van der Waals surface area contributed by atoms with E-state index in [2.05, 4.69) is 17.6 Å². The Morgan fingerprint density at radius 1 is 0.909 bits per heavy atom. The van der Waals surface area contributed by atoms with Crippen molar-refractivity contribution in [2.45, 2.75) is 26.3 Å². The molecule has 178 valence electrons. The van der Waals surface area contributed by atoms with Gasteiger partial charge in [0.1, 0.15) is 12.3 Å². The number of hydrogen-bond acceptors (Lipinski definition) is 7. The van der Waals surface area contributed by atoms with E-state index < -0.39 is 24.4 Å². The lowest BCUT2D eigenvalue weighted by atomic mass is 10.2. The first-order valence-electron chi connectivity index (χ1n) is 10.6. The molecule has 2 aromatic carbocycles. The second kappa shape index (κ2) is 13.6. The van der Waals surface area contributed by atoms with Gasteiger partial charge in [0.05, 0.1) is 20.8 Å². The maximum atomic E-state index is 12.2. The number of nitrogens with one attached hydrogen (secondary N) is 2. The lowest BCUT2D eigenvalue weighted by Gasteiger charge is -2.11. The van der Waals surface area contributed by atoms with E-state index >= 15 is 0 Å². The Bertz CT molecular complexity index is 929. The van der Waals surface area contributed by atoms with Gasteiger partial charge in [-0.05, 0) is 48.4 Å². The Labute approximate surface area is 193 Å². The minimum Gasteiger partial charge on any atom is -0.494 e. The summed E-state index contributed by atoms with van der Waals surface area (Å²) in [6, 6.07) is 11.9. The van der Waals surface area contributed by atoms with Crippen molar-refractivity contribution in [3.63, 3.8) is 0 Å². The number of benzene rings is 2. The van der Waals surface area contributed by atoms with Crippen molar-refractivity contribution in [3.8, 4) is 17.2 Å². The molecule has 0 atom stereocenters. The molecular weight excluding hydrogens is 428 g/mol. The van der Waals surface area contributed by atoms with Crippen LogP contribution in [-0.2, 0) is 20.9 Å². The van der Waals surface area contributed by atoms with Crippen molar-refractivity contribution in [1.82, 2.24) is 10.6 Å². The summed E-state index contributed by atoms with van der Waals surface area (Å²) < 4.78 is 20.8. The molecule has 9 heteroatoms. The molecular formula is C24H30N2O7. The summed E-state index contributed by atoms with van der Waals surface area (Å²) in [6.45, 7) is 2.12. The van der Waals surface area contributed by atoms with E-state index in [9.17, 15) is 14.4 Å². The highest BCUT2D eigenvalue weighted by Gasteiger charge is 2.12. The van der Waals surface area contributed by atoms with Gasteiger partial charge in [-0.2, -0.15) is 0 Å². The molecule has 0 saturated heterocycles. The highest BCUT2D eigenvalue weighted by Crippen LogP contribution is 2.27. The third-order valence-electron chi connectivity index (χ3n) is 4.58. The van der Waals surface area contributed by atoms with Gasteiger partial charge in [-0.15, -0.1) is 0 Å². The SMILES string of the molecule is CCCCOc1ccc(C(=O)NCC(=O)OCC(=O)NCc2ccc(OC)c(OC)c2)cc1. The Morgan fingerprint density at radius 2 is 1.64 bits per heavy atom. The predicted octanol–water partition coefficient (Wildman–Crippen LogP) is 2.47. The van der Waals surface area contributed by atoms with Crippen LogP contribution in [0, 0.1) is 0 Å². The molecule has 0 aliphatic carbocycles. The van der Waals surface area contributed by atoms with E-state index in [0.717, 1.165) is 18.4 Å². The highest BCUT2D eigenvalue weighted by molar-refractivity contribution is 5.96. The number of rotatable bonds is 13. The van der Waals surface area contributed by atoms with Crippen LogP contribution in [0.15, 0.2) is 42.5 Å². The molecule has 0 radical (unpaired) electrons. The van der Waals surface area contributed by atoms with Gasteiger partial charge in [0.25, 0.3) is 11.8 Å². The smallest absolute Gasteiger partial charge is 0.325 e. The Balaban J connectivity index is 1.69. The molecule has 0 unspecified atom stereocenters. The predicted molar refractivity (Wildman–Crippen MR) is 122 cm³/mol. The highest BCUT2D eigenvalue weighted by atomic mass is 16.5. The monoisotopic (exact) mass is 458 g/mol. The van der Waals surface area contributed by atoms with Crippen LogP contribution in [0.1, 0.15) is 35.7 Å². The summed E-state index contributed by atoms with van der Waals surface area (Å²) >= 11 is 0. The fourth-order valence-corrected chi connectivity index (χ4v) is 2.73. The van der Waals surface area contributed by atoms with Crippen molar-refractivity contribution in [2.75, 3.05) is 34.0 Å². The largest absolute Gasteiger partial charge is 0.494 e. The zero-order chi connectivity index (χ0) is 24.1. The number of carbonyl (C=O) groups is 3. The lowest BCUT2D eigenvalue weighted by molar-refractivity contribution is -0.147. The zero-order valence-electron chi connectivity index (χ0n) is 19.1. The first-order chi connectivity index (χ1) is 16.0. The molecule has 0 heterocycles. The van der Waals surface area contributed by atoms with E-state index in [4.69, 9.17) is 18.9 Å². The van der Waals surface area contributed by atoms with E-state index in [1.807, 2.05) is 0 Å². The van der Waals surface area contributed by atoms with Crippen LogP contribution >= 0.6 is 0 Å². The average Bonchev–Trinajstić information content (AvgIpc) is 2.85. The van der Waals surface area contributed by atoms with E-state index in [0.29, 0.717) is 29.4 Å². The van der Waals surface area contributed by atoms with Crippen molar-refractivity contribution < 1.29 is 33.3 Å². The molecule has 2 rings (SSSR count). The van der Waals surface area contributed by atoms with Gasteiger partial charge < -0.3 is 29.6 Å². The topological polar surface area (TPSA) is 112 Å². The maximum Gasteiger partial charge on any atom is 0.325 e. The van der Waals surface area contributed by atoms with Crippen LogP contribution < -0.4 is 24.8 Å². The van der Waals surface area contributed by atoms with Gasteiger partial charge in [-0.25, -0.2) is 0 Å². The minimum atomic E-state index is -0.718. The molecule has 0 aliphatic rings. The summed E-state index contributed by atoms with van der Waals surface area (Å²) in [7, 11) is 3.06. The summed E-state index contributed by atoms with van der Waals surface area (Å²) in [6.07, 6.45) is 1.99. The van der Waals surface area contributed by atoms with Crippen LogP contribution in [0.25, 0.3) is 0 Å². The summed E-state index contributed by atoms with van der Waals surface area (Å²) in [4.78, 5) is 35.9. The molecule has 2 aromatic rings. The number of unbranched alkanes of at least 4 members (excludes halogenated alkanes) is 1.